The third-order valence-corrected chi connectivity index (χ3v) is 4.70. The molecule has 138 valence electrons. The Bertz CT molecular complexity index is 1200. The molecule has 4 N–H and O–H groups in total. The molecule has 0 atom stereocenters. The van der Waals surface area contributed by atoms with Crippen molar-refractivity contribution in [2.24, 2.45) is 4.99 Å². The van der Waals surface area contributed by atoms with Crippen molar-refractivity contribution in [1.82, 2.24) is 0 Å². The number of carboxylic acid groups (broad SMARTS) is 1. The smallest absolute Gasteiger partial charge is 0.339 e. The molecule has 3 aromatic carbocycles. The summed E-state index contributed by atoms with van der Waals surface area (Å²) in [7, 11) is -4.72. The molecular formula is C18H13NO7S. The molecule has 0 aromatic heterocycles. The molecule has 0 unspecified atom stereocenters. The molecule has 27 heavy (non-hydrogen) atoms. The van der Waals surface area contributed by atoms with Crippen LogP contribution < -0.4 is 0 Å². The topological polar surface area (TPSA) is 144 Å². The quantitative estimate of drug-likeness (QED) is 0.398. The van der Waals surface area contributed by atoms with Gasteiger partial charge in [0.2, 0.25) is 0 Å². The van der Waals surface area contributed by atoms with Gasteiger partial charge in [0.25, 0.3) is 10.1 Å². The van der Waals surface area contributed by atoms with E-state index in [2.05, 4.69) is 4.99 Å². The fourth-order valence-electron chi connectivity index (χ4n) is 2.56. The van der Waals surface area contributed by atoms with Gasteiger partial charge in [-0.3, -0.25) is 9.55 Å². The van der Waals surface area contributed by atoms with E-state index in [4.69, 9.17) is 5.11 Å². The highest BCUT2D eigenvalue weighted by molar-refractivity contribution is 7.85. The Morgan fingerprint density at radius 1 is 1.04 bits per heavy atom. The van der Waals surface area contributed by atoms with Crippen LogP contribution in [-0.4, -0.2) is 40.5 Å². The van der Waals surface area contributed by atoms with Gasteiger partial charge >= 0.3 is 5.97 Å². The van der Waals surface area contributed by atoms with Crippen molar-refractivity contribution >= 4 is 38.8 Å². The van der Waals surface area contributed by atoms with Crippen LogP contribution in [0, 0.1) is 0 Å². The van der Waals surface area contributed by atoms with E-state index in [1.54, 1.807) is 24.3 Å². The largest absolute Gasteiger partial charge is 0.507 e. The Labute approximate surface area is 153 Å². The number of benzene rings is 3. The van der Waals surface area contributed by atoms with Gasteiger partial charge in [-0.2, -0.15) is 8.42 Å². The summed E-state index contributed by atoms with van der Waals surface area (Å²) in [4.78, 5) is 14.4. The van der Waals surface area contributed by atoms with Crippen molar-refractivity contribution in [2.45, 2.75) is 4.90 Å². The molecule has 0 fully saturated rings. The molecule has 0 spiro atoms. The maximum absolute atomic E-state index is 11.4. The van der Waals surface area contributed by atoms with Crippen LogP contribution in [0.3, 0.4) is 0 Å². The molecule has 0 aliphatic heterocycles. The van der Waals surface area contributed by atoms with Crippen molar-refractivity contribution in [3.63, 3.8) is 0 Å². The van der Waals surface area contributed by atoms with Gasteiger partial charge in [0.1, 0.15) is 17.0 Å². The van der Waals surface area contributed by atoms with Gasteiger partial charge in [-0.1, -0.05) is 30.3 Å². The molecule has 0 bridgehead atoms. The zero-order chi connectivity index (χ0) is 19.8. The molecule has 0 aliphatic rings. The summed E-state index contributed by atoms with van der Waals surface area (Å²) < 4.78 is 31.9. The van der Waals surface area contributed by atoms with E-state index in [1.807, 2.05) is 6.07 Å². The Kier molecular flexibility index (Phi) is 4.56. The molecule has 3 rings (SSSR count). The highest BCUT2D eigenvalue weighted by atomic mass is 32.2. The van der Waals surface area contributed by atoms with Crippen LogP contribution >= 0.6 is 0 Å². The van der Waals surface area contributed by atoms with E-state index in [1.165, 1.54) is 12.3 Å². The number of rotatable bonds is 4. The molecule has 0 radical (unpaired) electrons. The third-order valence-electron chi connectivity index (χ3n) is 3.87. The van der Waals surface area contributed by atoms with Gasteiger partial charge in [0, 0.05) is 11.8 Å². The average Bonchev–Trinajstić information content (AvgIpc) is 2.60. The minimum Gasteiger partial charge on any atom is -0.507 e. The Morgan fingerprint density at radius 3 is 2.41 bits per heavy atom. The van der Waals surface area contributed by atoms with E-state index in [0.29, 0.717) is 17.0 Å². The number of phenolic OH excluding ortho intramolecular Hbond substituents is 1. The maximum atomic E-state index is 11.4. The first-order valence-electron chi connectivity index (χ1n) is 7.51. The van der Waals surface area contributed by atoms with Crippen LogP contribution in [0.1, 0.15) is 15.9 Å². The molecule has 0 saturated carbocycles. The van der Waals surface area contributed by atoms with E-state index in [9.17, 15) is 28.0 Å². The predicted octanol–water partition coefficient (Wildman–Crippen LogP) is 2.95. The lowest BCUT2D eigenvalue weighted by Gasteiger charge is -2.07. The lowest BCUT2D eigenvalue weighted by molar-refractivity contribution is 0.0693. The number of hydrogen-bond donors (Lipinski definition) is 4. The normalized spacial score (nSPS) is 11.9. The van der Waals surface area contributed by atoms with E-state index < -0.39 is 38.0 Å². The number of fused-ring (bicyclic) bond motifs is 1. The second-order valence-electron chi connectivity index (χ2n) is 5.60. The number of aliphatic imine (C=N–C) groups is 1. The van der Waals surface area contributed by atoms with Crippen molar-refractivity contribution in [1.29, 1.82) is 0 Å². The zero-order valence-electron chi connectivity index (χ0n) is 13.6. The predicted molar refractivity (Wildman–Crippen MR) is 97.7 cm³/mol. The fraction of sp³-hybridized carbons (Fsp3) is 0. The number of carbonyl (C=O) groups is 1. The van der Waals surface area contributed by atoms with E-state index in [-0.39, 0.29) is 5.75 Å². The van der Waals surface area contributed by atoms with Crippen molar-refractivity contribution in [3.8, 4) is 11.5 Å². The lowest BCUT2D eigenvalue weighted by atomic mass is 10.0. The Morgan fingerprint density at radius 2 is 1.74 bits per heavy atom. The molecule has 0 aliphatic carbocycles. The Hall–Kier alpha value is -3.43. The molecule has 8 nitrogen and oxygen atoms in total. The van der Waals surface area contributed by atoms with E-state index in [0.717, 1.165) is 11.5 Å². The van der Waals surface area contributed by atoms with Crippen molar-refractivity contribution < 1.29 is 33.1 Å². The standard InChI is InChI=1S/C18H13NO7S/c20-16-6-5-10-3-1-2-4-12(10)14(16)9-19-15-8-11(27(24,25)26)7-13(17(15)21)18(22)23/h1-9,20-21H,(H,22,23)(H,24,25,26). The van der Waals surface area contributed by atoms with Gasteiger partial charge in [-0.05, 0) is 29.0 Å². The molecule has 0 saturated heterocycles. The lowest BCUT2D eigenvalue weighted by Crippen LogP contribution is -2.03. The summed E-state index contributed by atoms with van der Waals surface area (Å²) >= 11 is 0. The van der Waals surface area contributed by atoms with Crippen LogP contribution in [0.2, 0.25) is 0 Å². The summed E-state index contributed by atoms with van der Waals surface area (Å²) in [6.07, 6.45) is 1.17. The minimum absolute atomic E-state index is 0.110. The second-order valence-corrected chi connectivity index (χ2v) is 7.02. The van der Waals surface area contributed by atoms with Crippen LogP contribution in [0.4, 0.5) is 5.69 Å². The number of aromatic carboxylic acids is 1. The maximum Gasteiger partial charge on any atom is 0.339 e. The fourth-order valence-corrected chi connectivity index (χ4v) is 3.08. The number of carboxylic acids is 1. The summed E-state index contributed by atoms with van der Waals surface area (Å²) in [5.74, 6) is -2.48. The second kappa shape index (κ2) is 6.71. The number of nitrogens with zero attached hydrogens (tertiary/aromatic N) is 1. The number of phenols is 2. The summed E-state index contributed by atoms with van der Waals surface area (Å²) in [6, 6.07) is 11.7. The molecular weight excluding hydrogens is 374 g/mol. The first kappa shape index (κ1) is 18.4. The number of aromatic hydroxyl groups is 2. The minimum atomic E-state index is -4.72. The van der Waals surface area contributed by atoms with Crippen LogP contribution in [0.5, 0.6) is 11.5 Å². The Balaban J connectivity index is 2.20. The first-order valence-corrected chi connectivity index (χ1v) is 8.95. The monoisotopic (exact) mass is 387 g/mol. The summed E-state index contributed by atoms with van der Waals surface area (Å²) in [5, 5.41) is 30.7. The molecule has 0 amide bonds. The first-order chi connectivity index (χ1) is 12.7. The zero-order valence-corrected chi connectivity index (χ0v) is 14.4. The summed E-state index contributed by atoms with van der Waals surface area (Å²) in [6.45, 7) is 0. The van der Waals surface area contributed by atoms with Gasteiger partial charge in [-0.25, -0.2) is 4.79 Å². The van der Waals surface area contributed by atoms with Gasteiger partial charge in [0.05, 0.1) is 4.90 Å². The highest BCUT2D eigenvalue weighted by Gasteiger charge is 2.20. The van der Waals surface area contributed by atoms with Crippen LogP contribution in [0.25, 0.3) is 10.8 Å². The van der Waals surface area contributed by atoms with Crippen LogP contribution in [0.15, 0.2) is 58.4 Å². The average molecular weight is 387 g/mol. The van der Waals surface area contributed by atoms with Gasteiger partial charge in [0.15, 0.2) is 5.75 Å². The number of hydrogen-bond acceptors (Lipinski definition) is 6. The molecule has 9 heteroatoms. The molecule has 0 heterocycles. The van der Waals surface area contributed by atoms with E-state index >= 15 is 0 Å². The van der Waals surface area contributed by atoms with Crippen molar-refractivity contribution in [3.05, 3.63) is 59.7 Å². The SMILES string of the molecule is O=C(O)c1cc(S(=O)(=O)O)cc(N=Cc2c(O)ccc3ccccc23)c1O. The molecule has 3 aromatic rings. The summed E-state index contributed by atoms with van der Waals surface area (Å²) in [5.41, 5.74) is -0.837. The van der Waals surface area contributed by atoms with Gasteiger partial charge < -0.3 is 15.3 Å². The van der Waals surface area contributed by atoms with Gasteiger partial charge in [-0.15, -0.1) is 0 Å². The van der Waals surface area contributed by atoms with Crippen molar-refractivity contribution in [2.75, 3.05) is 0 Å². The third kappa shape index (κ3) is 3.59. The highest BCUT2D eigenvalue weighted by Crippen LogP contribution is 2.34. The van der Waals surface area contributed by atoms with Crippen LogP contribution in [-0.2, 0) is 10.1 Å².